The molecule has 0 saturated heterocycles. The van der Waals surface area contributed by atoms with E-state index in [1.165, 1.54) is 109 Å². The number of allylic oxidation sites excluding steroid dienone is 1. The van der Waals surface area contributed by atoms with Crippen molar-refractivity contribution in [2.45, 2.75) is 110 Å². The van der Waals surface area contributed by atoms with Crippen LogP contribution in [0, 0.1) is 0 Å². The number of hydrogen-bond acceptors (Lipinski definition) is 2. The number of ether oxygens (including phenoxy) is 1. The fourth-order valence-electron chi connectivity index (χ4n) is 2.86. The molecule has 0 amide bonds. The standard InChI is InChI=1S/C22H40O2/c1-3-5-6-7-8-9-10-11-12-13-14-15-16-17-18-19-20-21-24-22(23)4-2/h4,20-21H,2-3,5-19H2,1H3/b21-20+. The van der Waals surface area contributed by atoms with E-state index >= 15 is 0 Å². The summed E-state index contributed by atoms with van der Waals surface area (Å²) in [6.45, 7) is 5.63. The van der Waals surface area contributed by atoms with Crippen molar-refractivity contribution in [1.82, 2.24) is 0 Å². The van der Waals surface area contributed by atoms with Crippen LogP contribution >= 0.6 is 0 Å². The summed E-state index contributed by atoms with van der Waals surface area (Å²) in [5.41, 5.74) is 0. The first-order chi connectivity index (χ1) is 11.8. The zero-order chi connectivity index (χ0) is 17.7. The lowest BCUT2D eigenvalue weighted by Crippen LogP contribution is -1.91. The Hall–Kier alpha value is -1.05. The van der Waals surface area contributed by atoms with Crippen molar-refractivity contribution < 1.29 is 9.53 Å². The van der Waals surface area contributed by atoms with E-state index < -0.39 is 0 Å². The Morgan fingerprint density at radius 2 is 1.17 bits per heavy atom. The average molecular weight is 337 g/mol. The van der Waals surface area contributed by atoms with Crippen LogP contribution in [0.15, 0.2) is 25.0 Å². The summed E-state index contributed by atoms with van der Waals surface area (Å²) >= 11 is 0. The molecule has 0 aromatic carbocycles. The third kappa shape index (κ3) is 19.0. The maximum Gasteiger partial charge on any atom is 0.334 e. The van der Waals surface area contributed by atoms with Gasteiger partial charge in [-0.1, -0.05) is 103 Å². The fraction of sp³-hybridized carbons (Fsp3) is 0.773. The first kappa shape index (κ1) is 22.9. The minimum atomic E-state index is -0.386. The summed E-state index contributed by atoms with van der Waals surface area (Å²) in [6, 6.07) is 0. The molecule has 0 unspecified atom stereocenters. The van der Waals surface area contributed by atoms with Crippen molar-refractivity contribution in [2.24, 2.45) is 0 Å². The lowest BCUT2D eigenvalue weighted by molar-refractivity contribution is -0.132. The van der Waals surface area contributed by atoms with Crippen molar-refractivity contribution >= 4 is 5.97 Å². The Balaban J connectivity index is 3.07. The second kappa shape index (κ2) is 20.0. The molecule has 0 spiro atoms. The summed E-state index contributed by atoms with van der Waals surface area (Å²) in [5, 5.41) is 0. The molecule has 0 heterocycles. The van der Waals surface area contributed by atoms with Crippen molar-refractivity contribution in [2.75, 3.05) is 0 Å². The summed E-state index contributed by atoms with van der Waals surface area (Å²) in [5.74, 6) is -0.386. The molecule has 0 N–H and O–H groups in total. The van der Waals surface area contributed by atoms with E-state index in [1.807, 2.05) is 6.08 Å². The average Bonchev–Trinajstić information content (AvgIpc) is 2.60. The van der Waals surface area contributed by atoms with Crippen LogP contribution < -0.4 is 0 Å². The normalized spacial score (nSPS) is 11.0. The molecule has 24 heavy (non-hydrogen) atoms. The third-order valence-corrected chi connectivity index (χ3v) is 4.42. The quantitative estimate of drug-likeness (QED) is 0.112. The van der Waals surface area contributed by atoms with Crippen molar-refractivity contribution in [3.63, 3.8) is 0 Å². The number of carbonyl (C=O) groups excluding carboxylic acids is 1. The minimum Gasteiger partial charge on any atom is -0.432 e. The van der Waals surface area contributed by atoms with Gasteiger partial charge in [0.2, 0.25) is 0 Å². The Labute approximate surface area is 150 Å². The largest absolute Gasteiger partial charge is 0.432 e. The molecule has 0 bridgehead atoms. The Morgan fingerprint density at radius 1 is 0.750 bits per heavy atom. The van der Waals surface area contributed by atoms with E-state index in [-0.39, 0.29) is 5.97 Å². The van der Waals surface area contributed by atoms with Gasteiger partial charge in [-0.3, -0.25) is 0 Å². The number of hydrogen-bond donors (Lipinski definition) is 0. The molecule has 0 aromatic heterocycles. The SMILES string of the molecule is C=CC(=O)O/C=C/CCCCCCCCCCCCCCCCC. The van der Waals surface area contributed by atoms with Crippen LogP contribution in [0.5, 0.6) is 0 Å². The van der Waals surface area contributed by atoms with Crippen LogP contribution in [-0.4, -0.2) is 5.97 Å². The number of unbranched alkanes of at least 4 members (excludes halogenated alkanes) is 15. The first-order valence-electron chi connectivity index (χ1n) is 10.3. The molecule has 0 aromatic rings. The van der Waals surface area contributed by atoms with Gasteiger partial charge in [0.15, 0.2) is 0 Å². The van der Waals surface area contributed by atoms with Crippen molar-refractivity contribution in [3.05, 3.63) is 25.0 Å². The molecule has 0 rings (SSSR count). The Morgan fingerprint density at radius 3 is 1.58 bits per heavy atom. The highest BCUT2D eigenvalue weighted by molar-refractivity contribution is 5.81. The van der Waals surface area contributed by atoms with E-state index in [0.717, 1.165) is 6.42 Å². The van der Waals surface area contributed by atoms with Gasteiger partial charge < -0.3 is 4.74 Å². The number of carbonyl (C=O) groups is 1. The minimum absolute atomic E-state index is 0.386. The number of rotatable bonds is 18. The van der Waals surface area contributed by atoms with Gasteiger partial charge in [0, 0.05) is 6.08 Å². The summed E-state index contributed by atoms with van der Waals surface area (Å²) in [7, 11) is 0. The van der Waals surface area contributed by atoms with E-state index in [1.54, 1.807) is 0 Å². The van der Waals surface area contributed by atoms with Crippen LogP contribution in [0.1, 0.15) is 110 Å². The molecule has 0 saturated carbocycles. The molecule has 0 aliphatic rings. The van der Waals surface area contributed by atoms with E-state index in [9.17, 15) is 4.79 Å². The van der Waals surface area contributed by atoms with Gasteiger partial charge in [-0.25, -0.2) is 4.79 Å². The summed E-state index contributed by atoms with van der Waals surface area (Å²) in [4.78, 5) is 10.8. The smallest absolute Gasteiger partial charge is 0.334 e. The fourth-order valence-corrected chi connectivity index (χ4v) is 2.86. The third-order valence-electron chi connectivity index (χ3n) is 4.42. The predicted molar refractivity (Wildman–Crippen MR) is 105 cm³/mol. The summed E-state index contributed by atoms with van der Waals surface area (Å²) in [6.07, 6.45) is 26.4. The van der Waals surface area contributed by atoms with Gasteiger partial charge in [-0.15, -0.1) is 0 Å². The number of esters is 1. The molecule has 140 valence electrons. The Bertz CT molecular complexity index is 307. The maximum absolute atomic E-state index is 10.8. The van der Waals surface area contributed by atoms with Crippen LogP contribution in [-0.2, 0) is 9.53 Å². The van der Waals surface area contributed by atoms with Crippen LogP contribution in [0.3, 0.4) is 0 Å². The molecule has 0 atom stereocenters. The molecule has 2 heteroatoms. The van der Waals surface area contributed by atoms with Crippen LogP contribution in [0.2, 0.25) is 0 Å². The second-order valence-electron chi connectivity index (χ2n) is 6.75. The van der Waals surface area contributed by atoms with Gasteiger partial charge in [0.05, 0.1) is 6.26 Å². The van der Waals surface area contributed by atoms with Gasteiger partial charge in [0.1, 0.15) is 0 Å². The predicted octanol–water partition coefficient (Wildman–Crippen LogP) is 7.49. The highest BCUT2D eigenvalue weighted by Gasteiger charge is 1.94. The molecule has 0 aliphatic heterocycles. The van der Waals surface area contributed by atoms with Gasteiger partial charge in [-0.05, 0) is 18.9 Å². The molecule has 0 fully saturated rings. The molecule has 0 aliphatic carbocycles. The highest BCUT2D eigenvalue weighted by Crippen LogP contribution is 2.13. The lowest BCUT2D eigenvalue weighted by atomic mass is 10.0. The highest BCUT2D eigenvalue weighted by atomic mass is 16.5. The topological polar surface area (TPSA) is 26.3 Å². The lowest BCUT2D eigenvalue weighted by Gasteiger charge is -2.03. The van der Waals surface area contributed by atoms with Gasteiger partial charge in [-0.2, -0.15) is 0 Å². The van der Waals surface area contributed by atoms with Crippen LogP contribution in [0.4, 0.5) is 0 Å². The summed E-state index contributed by atoms with van der Waals surface area (Å²) < 4.78 is 4.78. The van der Waals surface area contributed by atoms with Gasteiger partial charge in [0.25, 0.3) is 0 Å². The zero-order valence-electron chi connectivity index (χ0n) is 16.1. The van der Waals surface area contributed by atoms with Crippen LogP contribution in [0.25, 0.3) is 0 Å². The maximum atomic E-state index is 10.8. The monoisotopic (exact) mass is 336 g/mol. The van der Waals surface area contributed by atoms with Crippen molar-refractivity contribution in [3.8, 4) is 0 Å². The molecule has 2 nitrogen and oxygen atoms in total. The molecular weight excluding hydrogens is 296 g/mol. The van der Waals surface area contributed by atoms with E-state index in [0.29, 0.717) is 0 Å². The molecule has 0 radical (unpaired) electrons. The van der Waals surface area contributed by atoms with E-state index in [2.05, 4.69) is 13.5 Å². The second-order valence-corrected chi connectivity index (χ2v) is 6.75. The van der Waals surface area contributed by atoms with E-state index in [4.69, 9.17) is 4.74 Å². The van der Waals surface area contributed by atoms with Gasteiger partial charge >= 0.3 is 5.97 Å². The first-order valence-corrected chi connectivity index (χ1v) is 10.3. The van der Waals surface area contributed by atoms with Crippen molar-refractivity contribution in [1.29, 1.82) is 0 Å². The zero-order valence-corrected chi connectivity index (χ0v) is 16.1. The molecular formula is C22H40O2. The Kier molecular flexibility index (Phi) is 19.1.